The van der Waals surface area contributed by atoms with Crippen molar-refractivity contribution in [3.05, 3.63) is 16.0 Å². The van der Waals surface area contributed by atoms with Crippen molar-refractivity contribution in [3.63, 3.8) is 0 Å². The summed E-state index contributed by atoms with van der Waals surface area (Å²) in [5, 5.41) is 8.06. The zero-order chi connectivity index (χ0) is 18.0. The molecule has 1 fully saturated rings. The van der Waals surface area contributed by atoms with Crippen molar-refractivity contribution in [1.29, 1.82) is 0 Å². The number of nitrogens with one attached hydrogen (secondary N) is 1. The van der Waals surface area contributed by atoms with E-state index in [0.717, 1.165) is 18.5 Å². The van der Waals surface area contributed by atoms with Crippen molar-refractivity contribution in [1.82, 2.24) is 24.6 Å². The number of amides is 1. The summed E-state index contributed by atoms with van der Waals surface area (Å²) in [4.78, 5) is 29.7. The van der Waals surface area contributed by atoms with Gasteiger partial charge in [0.15, 0.2) is 10.7 Å². The molecule has 1 N–H and O–H groups in total. The van der Waals surface area contributed by atoms with Crippen LogP contribution in [-0.2, 0) is 17.9 Å². The first-order valence-corrected chi connectivity index (χ1v) is 9.93. The molecule has 7 nitrogen and oxygen atoms in total. The van der Waals surface area contributed by atoms with Crippen LogP contribution in [0.4, 0.5) is 0 Å². The molecule has 0 atom stereocenters. The molecule has 0 spiro atoms. The molecule has 1 saturated carbocycles. The standard InChI is InChI=1S/C17H25N5O2S/c1-4-21-16(24)15-14(11(3)20-22(15)5-2)19-17(21)25-10-13(23)18-12-8-6-7-9-12/h12H,4-10H2,1-3H3,(H,18,23). The fourth-order valence-electron chi connectivity index (χ4n) is 3.38. The van der Waals surface area contributed by atoms with Gasteiger partial charge in [0.2, 0.25) is 5.91 Å². The Labute approximate surface area is 151 Å². The monoisotopic (exact) mass is 363 g/mol. The van der Waals surface area contributed by atoms with Gasteiger partial charge in [0.25, 0.3) is 5.56 Å². The number of aryl methyl sites for hydroxylation is 2. The van der Waals surface area contributed by atoms with Crippen LogP contribution in [0.3, 0.4) is 0 Å². The molecule has 2 aromatic heterocycles. The Hall–Kier alpha value is -1.83. The molecule has 0 radical (unpaired) electrons. The third kappa shape index (κ3) is 3.58. The maximum absolute atomic E-state index is 12.8. The lowest BCUT2D eigenvalue weighted by molar-refractivity contribution is -0.119. The molecule has 0 unspecified atom stereocenters. The fourth-order valence-corrected chi connectivity index (χ4v) is 4.24. The van der Waals surface area contributed by atoms with Crippen LogP contribution >= 0.6 is 11.8 Å². The van der Waals surface area contributed by atoms with Gasteiger partial charge >= 0.3 is 0 Å². The summed E-state index contributed by atoms with van der Waals surface area (Å²) in [6.07, 6.45) is 4.50. The molecule has 0 bridgehead atoms. The molecule has 2 aromatic rings. The second kappa shape index (κ2) is 7.59. The first-order valence-electron chi connectivity index (χ1n) is 8.95. The second-order valence-corrected chi connectivity index (χ2v) is 7.32. The van der Waals surface area contributed by atoms with Crippen LogP contribution in [0.25, 0.3) is 11.0 Å². The van der Waals surface area contributed by atoms with Gasteiger partial charge in [-0.1, -0.05) is 24.6 Å². The average molecular weight is 363 g/mol. The first kappa shape index (κ1) is 18.0. The highest BCUT2D eigenvalue weighted by molar-refractivity contribution is 7.99. The number of hydrogen-bond acceptors (Lipinski definition) is 5. The van der Waals surface area contributed by atoms with Gasteiger partial charge in [-0.3, -0.25) is 18.8 Å². The van der Waals surface area contributed by atoms with E-state index in [1.807, 2.05) is 20.8 Å². The Morgan fingerprint density at radius 2 is 2.00 bits per heavy atom. The SMILES string of the molecule is CCn1c(SCC(=O)NC2CCCC2)nc2c(C)nn(CC)c2c1=O. The Kier molecular flexibility index (Phi) is 5.46. The van der Waals surface area contributed by atoms with Crippen LogP contribution in [0, 0.1) is 6.92 Å². The van der Waals surface area contributed by atoms with Gasteiger partial charge in [-0.15, -0.1) is 0 Å². The van der Waals surface area contributed by atoms with Crippen molar-refractivity contribution in [2.75, 3.05) is 5.75 Å². The zero-order valence-corrected chi connectivity index (χ0v) is 15.9. The Morgan fingerprint density at radius 3 is 2.64 bits per heavy atom. The number of hydrogen-bond donors (Lipinski definition) is 1. The van der Waals surface area contributed by atoms with E-state index >= 15 is 0 Å². The number of rotatable bonds is 6. The summed E-state index contributed by atoms with van der Waals surface area (Å²) in [7, 11) is 0. The minimum Gasteiger partial charge on any atom is -0.353 e. The Balaban J connectivity index is 1.84. The molecule has 1 amide bonds. The first-order chi connectivity index (χ1) is 12.0. The molecule has 3 rings (SSSR count). The topological polar surface area (TPSA) is 81.8 Å². The lowest BCUT2D eigenvalue weighted by atomic mass is 10.2. The predicted molar refractivity (Wildman–Crippen MR) is 99.0 cm³/mol. The molecule has 8 heteroatoms. The molecule has 0 saturated heterocycles. The van der Waals surface area contributed by atoms with Crippen LogP contribution in [0.1, 0.15) is 45.2 Å². The minimum atomic E-state index is -0.0892. The van der Waals surface area contributed by atoms with Crippen molar-refractivity contribution in [3.8, 4) is 0 Å². The highest BCUT2D eigenvalue weighted by Gasteiger charge is 2.20. The summed E-state index contributed by atoms with van der Waals surface area (Å²) >= 11 is 1.32. The van der Waals surface area contributed by atoms with Gasteiger partial charge in [-0.05, 0) is 33.6 Å². The van der Waals surface area contributed by atoms with Gasteiger partial charge in [0.1, 0.15) is 5.52 Å². The number of carbonyl (C=O) groups excluding carboxylic acids is 1. The van der Waals surface area contributed by atoms with E-state index in [4.69, 9.17) is 0 Å². The van der Waals surface area contributed by atoms with Crippen LogP contribution in [0.15, 0.2) is 9.95 Å². The summed E-state index contributed by atoms with van der Waals surface area (Å²) < 4.78 is 3.33. The predicted octanol–water partition coefficient (Wildman–Crippen LogP) is 2.09. The van der Waals surface area contributed by atoms with Gasteiger partial charge in [0.05, 0.1) is 11.4 Å². The molecular formula is C17H25N5O2S. The summed E-state index contributed by atoms with van der Waals surface area (Å²) in [5.74, 6) is 0.282. The van der Waals surface area contributed by atoms with Crippen molar-refractivity contribution in [2.45, 2.75) is 70.7 Å². The minimum absolute atomic E-state index is 0.00914. The summed E-state index contributed by atoms with van der Waals surface area (Å²) in [6.45, 7) is 6.87. The second-order valence-electron chi connectivity index (χ2n) is 6.38. The van der Waals surface area contributed by atoms with Gasteiger partial charge in [-0.25, -0.2) is 4.98 Å². The third-order valence-electron chi connectivity index (χ3n) is 4.65. The van der Waals surface area contributed by atoms with E-state index in [9.17, 15) is 9.59 Å². The molecule has 1 aliphatic rings. The Morgan fingerprint density at radius 1 is 1.28 bits per heavy atom. The molecule has 2 heterocycles. The Bertz CT molecular complexity index is 836. The lowest BCUT2D eigenvalue weighted by Crippen LogP contribution is -2.34. The van der Waals surface area contributed by atoms with Gasteiger partial charge in [0, 0.05) is 19.1 Å². The number of carbonyl (C=O) groups is 1. The van der Waals surface area contributed by atoms with Crippen LogP contribution in [0.5, 0.6) is 0 Å². The largest absolute Gasteiger partial charge is 0.353 e. The van der Waals surface area contributed by atoms with E-state index in [2.05, 4.69) is 15.4 Å². The molecule has 136 valence electrons. The average Bonchev–Trinajstić information content (AvgIpc) is 3.21. The zero-order valence-electron chi connectivity index (χ0n) is 15.0. The molecule has 1 aliphatic carbocycles. The third-order valence-corrected chi connectivity index (χ3v) is 5.63. The van der Waals surface area contributed by atoms with Crippen LogP contribution < -0.4 is 10.9 Å². The number of aromatic nitrogens is 4. The van der Waals surface area contributed by atoms with E-state index < -0.39 is 0 Å². The van der Waals surface area contributed by atoms with E-state index in [1.54, 1.807) is 9.25 Å². The van der Waals surface area contributed by atoms with Crippen LogP contribution in [0.2, 0.25) is 0 Å². The quantitative estimate of drug-likeness (QED) is 0.628. The lowest BCUT2D eigenvalue weighted by Gasteiger charge is -2.13. The van der Waals surface area contributed by atoms with Crippen LogP contribution in [-0.4, -0.2) is 37.0 Å². The molecule has 0 aliphatic heterocycles. The number of nitrogens with zero attached hydrogens (tertiary/aromatic N) is 4. The number of thioether (sulfide) groups is 1. The summed E-state index contributed by atoms with van der Waals surface area (Å²) in [5.41, 5.74) is 1.83. The highest BCUT2D eigenvalue weighted by Crippen LogP contribution is 2.21. The highest BCUT2D eigenvalue weighted by atomic mass is 32.2. The molecule has 25 heavy (non-hydrogen) atoms. The van der Waals surface area contributed by atoms with E-state index in [0.29, 0.717) is 35.3 Å². The van der Waals surface area contributed by atoms with E-state index in [1.165, 1.54) is 24.6 Å². The van der Waals surface area contributed by atoms with Crippen molar-refractivity contribution >= 4 is 28.7 Å². The summed E-state index contributed by atoms with van der Waals surface area (Å²) in [6, 6.07) is 0.307. The number of fused-ring (bicyclic) bond motifs is 1. The normalized spacial score (nSPS) is 15.2. The van der Waals surface area contributed by atoms with E-state index in [-0.39, 0.29) is 17.2 Å². The maximum atomic E-state index is 12.8. The smallest absolute Gasteiger partial charge is 0.280 e. The fraction of sp³-hybridized carbons (Fsp3) is 0.647. The van der Waals surface area contributed by atoms with Crippen molar-refractivity contribution in [2.24, 2.45) is 0 Å². The van der Waals surface area contributed by atoms with Gasteiger partial charge < -0.3 is 5.32 Å². The molecular weight excluding hydrogens is 338 g/mol. The van der Waals surface area contributed by atoms with Crippen molar-refractivity contribution < 1.29 is 4.79 Å². The molecule has 0 aromatic carbocycles. The van der Waals surface area contributed by atoms with Gasteiger partial charge in [-0.2, -0.15) is 5.10 Å². The maximum Gasteiger partial charge on any atom is 0.280 e.